The van der Waals surface area contributed by atoms with Crippen molar-refractivity contribution in [2.45, 2.75) is 31.7 Å². The Morgan fingerprint density at radius 2 is 2.18 bits per heavy atom. The minimum absolute atomic E-state index is 0.147. The molecule has 2 aliphatic rings. The summed E-state index contributed by atoms with van der Waals surface area (Å²) >= 11 is 5.12. The van der Waals surface area contributed by atoms with Crippen molar-refractivity contribution in [3.8, 4) is 5.75 Å². The first kappa shape index (κ1) is 11.0. The first-order valence-electron chi connectivity index (χ1n) is 5.59. The lowest BCUT2D eigenvalue weighted by Crippen LogP contribution is -2.37. The molecule has 17 heavy (non-hydrogen) atoms. The van der Waals surface area contributed by atoms with Crippen molar-refractivity contribution in [2.24, 2.45) is 0 Å². The van der Waals surface area contributed by atoms with E-state index in [1.807, 2.05) is 32.0 Å². The van der Waals surface area contributed by atoms with Gasteiger partial charge in [0.2, 0.25) is 0 Å². The zero-order chi connectivity index (χ0) is 12.2. The zero-order valence-electron chi connectivity index (χ0n) is 10.0. The van der Waals surface area contributed by atoms with Gasteiger partial charge in [-0.05, 0) is 44.3 Å². The molecule has 0 radical (unpaired) electrons. The van der Waals surface area contributed by atoms with Crippen molar-refractivity contribution in [2.75, 3.05) is 7.11 Å². The van der Waals surface area contributed by atoms with Crippen LogP contribution in [0.3, 0.4) is 0 Å². The lowest BCUT2D eigenvalue weighted by atomic mass is 9.93. The summed E-state index contributed by atoms with van der Waals surface area (Å²) in [6, 6.07) is 5.86. The Morgan fingerprint density at radius 1 is 1.41 bits per heavy atom. The summed E-state index contributed by atoms with van der Waals surface area (Å²) in [5, 5.41) is 0.495. The maximum atomic E-state index is 5.93. The Labute approximate surface area is 106 Å². The van der Waals surface area contributed by atoms with Crippen molar-refractivity contribution >= 4 is 17.3 Å². The molecular formula is C13H14O3S. The summed E-state index contributed by atoms with van der Waals surface area (Å²) < 4.78 is 16.7. The molecule has 0 amide bonds. The van der Waals surface area contributed by atoms with E-state index in [9.17, 15) is 0 Å². The standard InChI is InChI=1S/C13H14O3S/c1-13(2)11-10(15-11)8-6-7(12(17)14-3)4-5-9(8)16-13/h4-6,10-11H,1-3H3. The van der Waals surface area contributed by atoms with Crippen LogP contribution in [0.5, 0.6) is 5.75 Å². The molecule has 1 aromatic carbocycles. The van der Waals surface area contributed by atoms with Gasteiger partial charge in [-0.3, -0.25) is 0 Å². The van der Waals surface area contributed by atoms with E-state index in [1.165, 1.54) is 0 Å². The molecule has 0 spiro atoms. The van der Waals surface area contributed by atoms with E-state index in [4.69, 9.17) is 26.4 Å². The number of methoxy groups -OCH3 is 1. The molecule has 1 aromatic rings. The van der Waals surface area contributed by atoms with Gasteiger partial charge in [0.25, 0.3) is 0 Å². The first-order valence-corrected chi connectivity index (χ1v) is 6.00. The van der Waals surface area contributed by atoms with Gasteiger partial charge >= 0.3 is 0 Å². The predicted molar refractivity (Wildman–Crippen MR) is 67.5 cm³/mol. The number of ether oxygens (including phenoxy) is 3. The molecule has 2 atom stereocenters. The Morgan fingerprint density at radius 3 is 2.88 bits per heavy atom. The Hall–Kier alpha value is -1.13. The summed E-state index contributed by atoms with van der Waals surface area (Å²) in [5.74, 6) is 0.886. The van der Waals surface area contributed by atoms with E-state index in [0.29, 0.717) is 5.05 Å². The van der Waals surface area contributed by atoms with Crippen LogP contribution in [-0.2, 0) is 9.47 Å². The molecule has 4 heteroatoms. The van der Waals surface area contributed by atoms with Crippen LogP contribution in [0, 0.1) is 0 Å². The molecule has 2 unspecified atom stereocenters. The first-order chi connectivity index (χ1) is 8.03. The van der Waals surface area contributed by atoms with Crippen LogP contribution >= 0.6 is 12.2 Å². The third-order valence-corrected chi connectivity index (χ3v) is 3.69. The van der Waals surface area contributed by atoms with E-state index in [2.05, 4.69) is 0 Å². The van der Waals surface area contributed by atoms with Crippen LogP contribution in [0.1, 0.15) is 31.1 Å². The second kappa shape index (κ2) is 3.43. The Bertz CT molecular complexity index is 495. The number of hydrogen-bond acceptors (Lipinski definition) is 4. The van der Waals surface area contributed by atoms with E-state index < -0.39 is 0 Å². The van der Waals surface area contributed by atoms with Crippen LogP contribution in [-0.4, -0.2) is 23.9 Å². The van der Waals surface area contributed by atoms with E-state index in [-0.39, 0.29) is 17.8 Å². The van der Waals surface area contributed by atoms with E-state index >= 15 is 0 Å². The highest BCUT2D eigenvalue weighted by Gasteiger charge is 2.56. The average Bonchev–Trinajstić information content (AvgIpc) is 3.08. The molecule has 1 saturated heterocycles. The molecule has 2 heterocycles. The van der Waals surface area contributed by atoms with Gasteiger partial charge in [0.15, 0.2) is 5.05 Å². The molecule has 90 valence electrons. The zero-order valence-corrected chi connectivity index (χ0v) is 10.8. The van der Waals surface area contributed by atoms with E-state index in [0.717, 1.165) is 16.9 Å². The van der Waals surface area contributed by atoms with Gasteiger partial charge in [0, 0.05) is 11.1 Å². The van der Waals surface area contributed by atoms with Crippen LogP contribution in [0.2, 0.25) is 0 Å². The highest BCUT2D eigenvalue weighted by atomic mass is 32.1. The number of benzene rings is 1. The highest BCUT2D eigenvalue weighted by Crippen LogP contribution is 2.53. The predicted octanol–water partition coefficient (Wildman–Crippen LogP) is 2.62. The molecule has 3 nitrogen and oxygen atoms in total. The molecule has 0 N–H and O–H groups in total. The lowest BCUT2D eigenvalue weighted by molar-refractivity contribution is 0.0725. The Balaban J connectivity index is 2.01. The molecule has 0 bridgehead atoms. The quantitative estimate of drug-likeness (QED) is 0.566. The third-order valence-electron chi connectivity index (χ3n) is 3.29. The van der Waals surface area contributed by atoms with Crippen molar-refractivity contribution in [3.05, 3.63) is 29.3 Å². The van der Waals surface area contributed by atoms with Gasteiger partial charge in [0.1, 0.15) is 23.6 Å². The van der Waals surface area contributed by atoms with Crippen LogP contribution in [0.25, 0.3) is 0 Å². The van der Waals surface area contributed by atoms with Crippen LogP contribution in [0.15, 0.2) is 18.2 Å². The molecule has 1 fully saturated rings. The average molecular weight is 250 g/mol. The fraction of sp³-hybridized carbons (Fsp3) is 0.462. The fourth-order valence-corrected chi connectivity index (χ4v) is 2.45. The molecule has 2 aliphatic heterocycles. The number of rotatable bonds is 1. The maximum Gasteiger partial charge on any atom is 0.190 e. The maximum absolute atomic E-state index is 5.93. The van der Waals surface area contributed by atoms with Crippen LogP contribution in [0.4, 0.5) is 0 Å². The highest BCUT2D eigenvalue weighted by molar-refractivity contribution is 7.80. The smallest absolute Gasteiger partial charge is 0.190 e. The van der Waals surface area contributed by atoms with E-state index in [1.54, 1.807) is 7.11 Å². The van der Waals surface area contributed by atoms with Crippen molar-refractivity contribution in [1.29, 1.82) is 0 Å². The van der Waals surface area contributed by atoms with Crippen molar-refractivity contribution in [3.63, 3.8) is 0 Å². The summed E-state index contributed by atoms with van der Waals surface area (Å²) in [6.07, 6.45) is 0.301. The van der Waals surface area contributed by atoms with Crippen molar-refractivity contribution in [1.82, 2.24) is 0 Å². The Kier molecular flexibility index (Phi) is 2.22. The second-order valence-corrected chi connectivity index (χ2v) is 5.30. The molecular weight excluding hydrogens is 236 g/mol. The largest absolute Gasteiger partial charge is 0.486 e. The third kappa shape index (κ3) is 1.63. The van der Waals surface area contributed by atoms with Crippen molar-refractivity contribution < 1.29 is 14.2 Å². The molecule has 0 saturated carbocycles. The van der Waals surface area contributed by atoms with Gasteiger partial charge in [0.05, 0.1) is 7.11 Å². The summed E-state index contributed by atoms with van der Waals surface area (Å²) in [6.45, 7) is 4.10. The number of hydrogen-bond donors (Lipinski definition) is 0. The van der Waals surface area contributed by atoms with Gasteiger partial charge in [-0.1, -0.05) is 0 Å². The summed E-state index contributed by atoms with van der Waals surface area (Å²) in [4.78, 5) is 0. The molecule has 0 aliphatic carbocycles. The topological polar surface area (TPSA) is 31.0 Å². The minimum atomic E-state index is -0.249. The van der Waals surface area contributed by atoms with Gasteiger partial charge < -0.3 is 14.2 Å². The number of fused-ring (bicyclic) bond motifs is 3. The SMILES string of the molecule is COC(=S)c1ccc2c(c1)C1OC1C(C)(C)O2. The summed E-state index contributed by atoms with van der Waals surface area (Å²) in [7, 11) is 1.58. The molecule has 0 aromatic heterocycles. The van der Waals surface area contributed by atoms with Crippen LogP contribution < -0.4 is 4.74 Å². The summed E-state index contributed by atoms with van der Waals surface area (Å²) in [5.41, 5.74) is 1.73. The van der Waals surface area contributed by atoms with Gasteiger partial charge in [-0.25, -0.2) is 0 Å². The fourth-order valence-electron chi connectivity index (χ4n) is 2.33. The number of epoxide rings is 1. The van der Waals surface area contributed by atoms with Gasteiger partial charge in [-0.15, -0.1) is 0 Å². The normalized spacial score (nSPS) is 27.5. The number of thiocarbonyl (C=S) groups is 1. The second-order valence-electron chi connectivity index (χ2n) is 4.93. The van der Waals surface area contributed by atoms with Gasteiger partial charge in [-0.2, -0.15) is 0 Å². The lowest BCUT2D eigenvalue weighted by Gasteiger charge is -2.29. The molecule has 3 rings (SSSR count). The monoisotopic (exact) mass is 250 g/mol. The minimum Gasteiger partial charge on any atom is -0.486 e.